The van der Waals surface area contributed by atoms with Crippen LogP contribution in [0.25, 0.3) is 10.8 Å². The SMILES string of the molecule is CC[C@@H](C)Oc1ccc2ccccc2c1. The largest absolute Gasteiger partial charge is 0.491 e. The molecule has 0 spiro atoms. The highest BCUT2D eigenvalue weighted by molar-refractivity contribution is 5.83. The Balaban J connectivity index is 2.30. The van der Waals surface area contributed by atoms with E-state index in [4.69, 9.17) is 4.74 Å². The van der Waals surface area contributed by atoms with Gasteiger partial charge in [0.1, 0.15) is 5.75 Å². The van der Waals surface area contributed by atoms with Crippen molar-refractivity contribution in [3.05, 3.63) is 42.5 Å². The number of hydrogen-bond acceptors (Lipinski definition) is 1. The molecule has 1 nitrogen and oxygen atoms in total. The van der Waals surface area contributed by atoms with Crippen LogP contribution in [0.1, 0.15) is 20.3 Å². The van der Waals surface area contributed by atoms with Crippen molar-refractivity contribution >= 4 is 10.8 Å². The van der Waals surface area contributed by atoms with Gasteiger partial charge in [0.25, 0.3) is 0 Å². The molecule has 0 fully saturated rings. The van der Waals surface area contributed by atoms with Crippen molar-refractivity contribution in [2.45, 2.75) is 26.4 Å². The van der Waals surface area contributed by atoms with Crippen molar-refractivity contribution in [2.24, 2.45) is 0 Å². The predicted octanol–water partition coefficient (Wildman–Crippen LogP) is 4.02. The molecule has 0 heterocycles. The van der Waals surface area contributed by atoms with E-state index in [1.165, 1.54) is 10.8 Å². The predicted molar refractivity (Wildman–Crippen MR) is 64.3 cm³/mol. The zero-order valence-corrected chi connectivity index (χ0v) is 9.23. The number of rotatable bonds is 3. The Bertz CT molecular complexity index is 448. The van der Waals surface area contributed by atoms with Gasteiger partial charge in [-0.1, -0.05) is 37.3 Å². The van der Waals surface area contributed by atoms with Crippen molar-refractivity contribution in [3.8, 4) is 5.75 Å². The summed E-state index contributed by atoms with van der Waals surface area (Å²) < 4.78 is 5.77. The van der Waals surface area contributed by atoms with Gasteiger partial charge >= 0.3 is 0 Å². The number of ether oxygens (including phenoxy) is 1. The maximum Gasteiger partial charge on any atom is 0.120 e. The molecule has 0 amide bonds. The molecule has 0 bridgehead atoms. The molecule has 78 valence electrons. The van der Waals surface area contributed by atoms with Gasteiger partial charge in [0, 0.05) is 0 Å². The first-order valence-corrected chi connectivity index (χ1v) is 5.45. The highest BCUT2D eigenvalue weighted by atomic mass is 16.5. The van der Waals surface area contributed by atoms with Crippen LogP contribution in [0.4, 0.5) is 0 Å². The van der Waals surface area contributed by atoms with Crippen molar-refractivity contribution in [1.29, 1.82) is 0 Å². The van der Waals surface area contributed by atoms with E-state index in [-0.39, 0.29) is 6.10 Å². The van der Waals surface area contributed by atoms with Crippen LogP contribution >= 0.6 is 0 Å². The molecule has 0 radical (unpaired) electrons. The van der Waals surface area contributed by atoms with Gasteiger partial charge in [-0.25, -0.2) is 0 Å². The molecule has 0 aliphatic rings. The van der Waals surface area contributed by atoms with Crippen LogP contribution in [0.3, 0.4) is 0 Å². The Hall–Kier alpha value is -1.50. The lowest BCUT2D eigenvalue weighted by atomic mass is 10.1. The highest BCUT2D eigenvalue weighted by Gasteiger charge is 2.01. The monoisotopic (exact) mass is 200 g/mol. The van der Waals surface area contributed by atoms with Gasteiger partial charge in [-0.05, 0) is 36.2 Å². The summed E-state index contributed by atoms with van der Waals surface area (Å²) in [6.45, 7) is 4.22. The minimum atomic E-state index is 0.283. The minimum absolute atomic E-state index is 0.283. The molecule has 2 aromatic rings. The fourth-order valence-corrected chi connectivity index (χ4v) is 1.56. The third-order valence-electron chi connectivity index (χ3n) is 2.63. The van der Waals surface area contributed by atoms with E-state index in [1.54, 1.807) is 0 Å². The van der Waals surface area contributed by atoms with E-state index in [0.29, 0.717) is 0 Å². The average Bonchev–Trinajstić information content (AvgIpc) is 2.29. The van der Waals surface area contributed by atoms with Crippen LogP contribution in [0, 0.1) is 0 Å². The number of benzene rings is 2. The van der Waals surface area contributed by atoms with Crippen molar-refractivity contribution < 1.29 is 4.74 Å². The topological polar surface area (TPSA) is 9.23 Å². The third-order valence-corrected chi connectivity index (χ3v) is 2.63. The van der Waals surface area contributed by atoms with E-state index in [0.717, 1.165) is 12.2 Å². The van der Waals surface area contributed by atoms with Crippen LogP contribution < -0.4 is 4.74 Å². The Morgan fingerprint density at radius 3 is 2.53 bits per heavy atom. The summed E-state index contributed by atoms with van der Waals surface area (Å²) in [6, 6.07) is 14.6. The van der Waals surface area contributed by atoms with Crippen molar-refractivity contribution in [2.75, 3.05) is 0 Å². The lowest BCUT2D eigenvalue weighted by Crippen LogP contribution is -2.09. The van der Waals surface area contributed by atoms with Gasteiger partial charge < -0.3 is 4.74 Å². The summed E-state index contributed by atoms with van der Waals surface area (Å²) in [5, 5.41) is 2.49. The van der Waals surface area contributed by atoms with E-state index < -0.39 is 0 Å². The molecular weight excluding hydrogens is 184 g/mol. The Kier molecular flexibility index (Phi) is 2.91. The first kappa shape index (κ1) is 10.0. The lowest BCUT2D eigenvalue weighted by molar-refractivity contribution is 0.218. The first-order valence-electron chi connectivity index (χ1n) is 5.45. The summed E-state index contributed by atoms with van der Waals surface area (Å²) in [7, 11) is 0. The van der Waals surface area contributed by atoms with Gasteiger partial charge in [-0.15, -0.1) is 0 Å². The third kappa shape index (κ3) is 2.30. The molecule has 15 heavy (non-hydrogen) atoms. The molecule has 1 atom stereocenters. The van der Waals surface area contributed by atoms with Crippen molar-refractivity contribution in [3.63, 3.8) is 0 Å². The molecule has 0 saturated heterocycles. The normalized spacial score (nSPS) is 12.7. The summed E-state index contributed by atoms with van der Waals surface area (Å²) in [4.78, 5) is 0. The standard InChI is InChI=1S/C14H16O/c1-3-11(2)15-14-9-8-12-6-4-5-7-13(12)10-14/h4-11H,3H2,1-2H3/t11-/m1/s1. The molecule has 1 heteroatoms. The van der Waals surface area contributed by atoms with Gasteiger partial charge in [0.15, 0.2) is 0 Å². The summed E-state index contributed by atoms with van der Waals surface area (Å²) in [5.41, 5.74) is 0. The van der Waals surface area contributed by atoms with Crippen LogP contribution in [0.2, 0.25) is 0 Å². The fraction of sp³-hybridized carbons (Fsp3) is 0.286. The van der Waals surface area contributed by atoms with E-state index >= 15 is 0 Å². The Morgan fingerprint density at radius 2 is 1.80 bits per heavy atom. The van der Waals surface area contributed by atoms with Gasteiger partial charge in [-0.3, -0.25) is 0 Å². The maximum absolute atomic E-state index is 5.77. The van der Waals surface area contributed by atoms with Crippen molar-refractivity contribution in [1.82, 2.24) is 0 Å². The fourth-order valence-electron chi connectivity index (χ4n) is 1.56. The maximum atomic E-state index is 5.77. The number of fused-ring (bicyclic) bond motifs is 1. The van der Waals surface area contributed by atoms with E-state index in [1.807, 2.05) is 6.07 Å². The lowest BCUT2D eigenvalue weighted by Gasteiger charge is -2.12. The smallest absolute Gasteiger partial charge is 0.120 e. The molecule has 2 aromatic carbocycles. The van der Waals surface area contributed by atoms with Gasteiger partial charge in [0.2, 0.25) is 0 Å². The van der Waals surface area contributed by atoms with Crippen LogP contribution in [0.5, 0.6) is 5.75 Å². The second-order valence-corrected chi connectivity index (χ2v) is 3.85. The summed E-state index contributed by atoms with van der Waals surface area (Å²) in [6.07, 6.45) is 1.32. The molecule has 2 rings (SSSR count). The molecule has 0 aromatic heterocycles. The van der Waals surface area contributed by atoms with E-state index in [2.05, 4.69) is 50.2 Å². The summed E-state index contributed by atoms with van der Waals surface area (Å²) >= 11 is 0. The number of hydrogen-bond donors (Lipinski definition) is 0. The van der Waals surface area contributed by atoms with E-state index in [9.17, 15) is 0 Å². The Morgan fingerprint density at radius 1 is 1.07 bits per heavy atom. The molecule has 0 unspecified atom stereocenters. The summed E-state index contributed by atoms with van der Waals surface area (Å²) in [5.74, 6) is 0.961. The molecule has 0 N–H and O–H groups in total. The van der Waals surface area contributed by atoms with Gasteiger partial charge in [-0.2, -0.15) is 0 Å². The van der Waals surface area contributed by atoms with Crippen LogP contribution in [-0.4, -0.2) is 6.10 Å². The second-order valence-electron chi connectivity index (χ2n) is 3.85. The molecule has 0 saturated carbocycles. The zero-order valence-electron chi connectivity index (χ0n) is 9.23. The first-order chi connectivity index (χ1) is 7.29. The van der Waals surface area contributed by atoms with Gasteiger partial charge in [0.05, 0.1) is 6.10 Å². The molecule has 0 aliphatic carbocycles. The second kappa shape index (κ2) is 4.35. The van der Waals surface area contributed by atoms with Crippen LogP contribution in [0.15, 0.2) is 42.5 Å². The zero-order chi connectivity index (χ0) is 10.7. The Labute approximate surface area is 90.7 Å². The molecular formula is C14H16O. The minimum Gasteiger partial charge on any atom is -0.491 e. The quantitative estimate of drug-likeness (QED) is 0.727. The molecule has 0 aliphatic heterocycles. The van der Waals surface area contributed by atoms with Crippen LogP contribution in [-0.2, 0) is 0 Å². The average molecular weight is 200 g/mol. The highest BCUT2D eigenvalue weighted by Crippen LogP contribution is 2.21.